The van der Waals surface area contributed by atoms with Gasteiger partial charge in [-0.25, -0.2) is 0 Å². The lowest BCUT2D eigenvalue weighted by Gasteiger charge is -2.41. The standard InChI is InChI=1S/C11H17N3O2/c1-7-9-5-3-4-6-14(9)8(2)11(16)13-12-10(7)15/h7-9H,3-6H2,1-2H3. The summed E-state index contributed by atoms with van der Waals surface area (Å²) < 4.78 is 0. The highest BCUT2D eigenvalue weighted by Crippen LogP contribution is 2.27. The van der Waals surface area contributed by atoms with Crippen LogP contribution in [-0.4, -0.2) is 35.3 Å². The van der Waals surface area contributed by atoms with Gasteiger partial charge in [0.05, 0.1) is 12.0 Å². The summed E-state index contributed by atoms with van der Waals surface area (Å²) in [7, 11) is 0. The van der Waals surface area contributed by atoms with Crippen LogP contribution >= 0.6 is 0 Å². The molecule has 0 aliphatic carbocycles. The number of amides is 2. The molecule has 2 heterocycles. The Kier molecular flexibility index (Phi) is 3.14. The van der Waals surface area contributed by atoms with Crippen LogP contribution in [0.2, 0.25) is 0 Å². The van der Waals surface area contributed by atoms with Crippen molar-refractivity contribution in [2.45, 2.75) is 45.2 Å². The van der Waals surface area contributed by atoms with E-state index in [9.17, 15) is 9.59 Å². The first-order valence-electron chi connectivity index (χ1n) is 5.86. The van der Waals surface area contributed by atoms with Crippen LogP contribution in [0.25, 0.3) is 0 Å². The molecule has 3 unspecified atom stereocenters. The minimum Gasteiger partial charge on any atom is -0.288 e. The fourth-order valence-corrected chi connectivity index (χ4v) is 2.58. The number of piperidine rings is 1. The predicted molar refractivity (Wildman–Crippen MR) is 57.8 cm³/mol. The quantitative estimate of drug-likeness (QED) is 0.623. The summed E-state index contributed by atoms with van der Waals surface area (Å²) in [6.07, 6.45) is 3.18. The predicted octanol–water partition coefficient (Wildman–Crippen LogP) is 1.38. The molecule has 1 saturated heterocycles. The molecule has 2 rings (SSSR count). The second kappa shape index (κ2) is 4.41. The molecule has 3 atom stereocenters. The largest absolute Gasteiger partial charge is 0.288 e. The summed E-state index contributed by atoms with van der Waals surface area (Å²) in [5, 5.41) is 6.98. The van der Waals surface area contributed by atoms with Crippen molar-refractivity contribution in [2.24, 2.45) is 16.1 Å². The van der Waals surface area contributed by atoms with E-state index in [1.54, 1.807) is 0 Å². The molecule has 5 heteroatoms. The van der Waals surface area contributed by atoms with Crippen LogP contribution in [0.3, 0.4) is 0 Å². The van der Waals surface area contributed by atoms with Gasteiger partial charge in [0.15, 0.2) is 0 Å². The van der Waals surface area contributed by atoms with Gasteiger partial charge in [-0.15, -0.1) is 10.2 Å². The lowest BCUT2D eigenvalue weighted by Crippen LogP contribution is -2.52. The van der Waals surface area contributed by atoms with Crippen LogP contribution in [0.1, 0.15) is 33.1 Å². The van der Waals surface area contributed by atoms with Crippen molar-refractivity contribution >= 4 is 11.8 Å². The molecule has 0 aromatic rings. The third-order valence-corrected chi connectivity index (χ3v) is 3.66. The van der Waals surface area contributed by atoms with E-state index in [-0.39, 0.29) is 29.8 Å². The van der Waals surface area contributed by atoms with E-state index >= 15 is 0 Å². The van der Waals surface area contributed by atoms with Crippen molar-refractivity contribution in [3.63, 3.8) is 0 Å². The summed E-state index contributed by atoms with van der Waals surface area (Å²) in [6.45, 7) is 4.61. The number of hydrogen-bond acceptors (Lipinski definition) is 3. The van der Waals surface area contributed by atoms with Crippen LogP contribution in [0.5, 0.6) is 0 Å². The van der Waals surface area contributed by atoms with Crippen LogP contribution in [0, 0.1) is 5.92 Å². The molecule has 0 radical (unpaired) electrons. The number of fused-ring (bicyclic) bond motifs is 1. The Hall–Kier alpha value is -1.10. The first-order valence-corrected chi connectivity index (χ1v) is 5.86. The molecule has 0 spiro atoms. The second-order valence-electron chi connectivity index (χ2n) is 4.64. The molecular formula is C11H17N3O2. The molecule has 1 fully saturated rings. The van der Waals surface area contributed by atoms with Crippen molar-refractivity contribution in [1.82, 2.24) is 4.90 Å². The molecule has 88 valence electrons. The van der Waals surface area contributed by atoms with Gasteiger partial charge in [0.2, 0.25) is 0 Å². The van der Waals surface area contributed by atoms with Crippen LogP contribution in [-0.2, 0) is 9.59 Å². The fraction of sp³-hybridized carbons (Fsp3) is 0.818. The Labute approximate surface area is 94.9 Å². The number of rotatable bonds is 0. The number of carbonyl (C=O) groups is 2. The van der Waals surface area contributed by atoms with Crippen molar-refractivity contribution in [3.8, 4) is 0 Å². The summed E-state index contributed by atoms with van der Waals surface area (Å²) in [6, 6.07) is -0.0935. The number of azo groups is 1. The maximum absolute atomic E-state index is 11.6. The van der Waals surface area contributed by atoms with Gasteiger partial charge in [-0.05, 0) is 26.3 Å². The Morgan fingerprint density at radius 1 is 1.12 bits per heavy atom. The molecular weight excluding hydrogens is 206 g/mol. The van der Waals surface area contributed by atoms with E-state index in [2.05, 4.69) is 15.1 Å². The maximum atomic E-state index is 11.6. The average Bonchev–Trinajstić information content (AvgIpc) is 2.32. The van der Waals surface area contributed by atoms with Crippen LogP contribution in [0.15, 0.2) is 10.2 Å². The summed E-state index contributed by atoms with van der Waals surface area (Å²) >= 11 is 0. The zero-order valence-electron chi connectivity index (χ0n) is 9.72. The monoisotopic (exact) mass is 223 g/mol. The molecule has 16 heavy (non-hydrogen) atoms. The Balaban J connectivity index is 2.31. The highest BCUT2D eigenvalue weighted by Gasteiger charge is 2.37. The minimum absolute atomic E-state index is 0.152. The summed E-state index contributed by atoms with van der Waals surface area (Å²) in [5.41, 5.74) is 0. The topological polar surface area (TPSA) is 62.1 Å². The molecule has 2 aliphatic rings. The average molecular weight is 223 g/mol. The SMILES string of the molecule is CC1C(=O)N=NC(=O)C(C)N2CCCCC12. The molecule has 5 nitrogen and oxygen atoms in total. The van der Waals surface area contributed by atoms with Crippen molar-refractivity contribution in [1.29, 1.82) is 0 Å². The van der Waals surface area contributed by atoms with Crippen LogP contribution < -0.4 is 0 Å². The van der Waals surface area contributed by atoms with Gasteiger partial charge < -0.3 is 0 Å². The van der Waals surface area contributed by atoms with Gasteiger partial charge in [-0.2, -0.15) is 0 Å². The molecule has 2 amide bonds. The number of hydrogen-bond donors (Lipinski definition) is 0. The van der Waals surface area contributed by atoms with Gasteiger partial charge in [0.1, 0.15) is 0 Å². The van der Waals surface area contributed by atoms with Crippen molar-refractivity contribution in [3.05, 3.63) is 0 Å². The molecule has 0 saturated carbocycles. The van der Waals surface area contributed by atoms with Gasteiger partial charge in [-0.1, -0.05) is 13.3 Å². The van der Waals surface area contributed by atoms with Gasteiger partial charge in [0.25, 0.3) is 11.8 Å². The smallest absolute Gasteiger partial charge is 0.281 e. The third-order valence-electron chi connectivity index (χ3n) is 3.66. The third kappa shape index (κ3) is 1.91. The van der Waals surface area contributed by atoms with E-state index in [0.717, 1.165) is 25.8 Å². The molecule has 0 aromatic heterocycles. The normalized spacial score (nSPS) is 36.8. The zero-order valence-corrected chi connectivity index (χ0v) is 9.72. The summed E-state index contributed by atoms with van der Waals surface area (Å²) in [5.74, 6) is -0.719. The first kappa shape index (κ1) is 11.4. The Morgan fingerprint density at radius 2 is 1.81 bits per heavy atom. The number of carbonyl (C=O) groups excluding carboxylic acids is 2. The number of nitrogens with zero attached hydrogens (tertiary/aromatic N) is 3. The molecule has 2 aliphatic heterocycles. The van der Waals surface area contributed by atoms with E-state index < -0.39 is 0 Å². The highest BCUT2D eigenvalue weighted by atomic mass is 16.2. The highest BCUT2D eigenvalue weighted by molar-refractivity contribution is 5.86. The van der Waals surface area contributed by atoms with E-state index in [1.807, 2.05) is 13.8 Å². The Bertz CT molecular complexity index is 308. The van der Waals surface area contributed by atoms with Crippen molar-refractivity contribution < 1.29 is 9.59 Å². The minimum atomic E-state index is -0.299. The fourth-order valence-electron chi connectivity index (χ4n) is 2.58. The van der Waals surface area contributed by atoms with Gasteiger partial charge in [-0.3, -0.25) is 14.5 Å². The molecule has 0 bridgehead atoms. The molecule has 0 N–H and O–H groups in total. The lowest BCUT2D eigenvalue weighted by atomic mass is 9.89. The maximum Gasteiger partial charge on any atom is 0.281 e. The van der Waals surface area contributed by atoms with Crippen molar-refractivity contribution in [2.75, 3.05) is 6.54 Å². The summed E-state index contributed by atoms with van der Waals surface area (Å²) in [4.78, 5) is 25.4. The van der Waals surface area contributed by atoms with Gasteiger partial charge in [0, 0.05) is 6.04 Å². The van der Waals surface area contributed by atoms with Crippen LogP contribution in [0.4, 0.5) is 0 Å². The molecule has 0 aromatic carbocycles. The first-order chi connectivity index (χ1) is 7.61. The van der Waals surface area contributed by atoms with Gasteiger partial charge >= 0.3 is 0 Å². The van der Waals surface area contributed by atoms with E-state index in [4.69, 9.17) is 0 Å². The van der Waals surface area contributed by atoms with E-state index in [1.165, 1.54) is 0 Å². The van der Waals surface area contributed by atoms with E-state index in [0.29, 0.717) is 0 Å². The Morgan fingerprint density at radius 3 is 2.56 bits per heavy atom. The second-order valence-corrected chi connectivity index (χ2v) is 4.64. The lowest BCUT2D eigenvalue weighted by molar-refractivity contribution is -0.133. The zero-order chi connectivity index (χ0) is 11.7.